The molecule has 1 aromatic heterocycles. The quantitative estimate of drug-likeness (QED) is 0.919. The van der Waals surface area contributed by atoms with Gasteiger partial charge in [-0.15, -0.1) is 0 Å². The molecule has 5 nitrogen and oxygen atoms in total. The number of rotatable bonds is 4. The first-order valence-corrected chi connectivity index (χ1v) is 7.43. The number of hydrogen-bond donors (Lipinski definition) is 1. The predicted octanol–water partition coefficient (Wildman–Crippen LogP) is 3.06. The monoisotopic (exact) mass is 352 g/mol. The number of aliphatic hydroxyl groups is 1. The molecule has 132 valence electrons. The summed E-state index contributed by atoms with van der Waals surface area (Å²) in [5, 5.41) is 12.9. The Morgan fingerprint density at radius 3 is 2.56 bits per heavy atom. The van der Waals surface area contributed by atoms with Crippen LogP contribution in [0.4, 0.5) is 13.2 Å². The molecule has 0 amide bonds. The first kappa shape index (κ1) is 17.2. The van der Waals surface area contributed by atoms with Gasteiger partial charge in [-0.25, -0.2) is 0 Å². The van der Waals surface area contributed by atoms with Crippen LogP contribution < -0.4 is 4.74 Å². The molecule has 8 heteroatoms. The second-order valence-electron chi connectivity index (χ2n) is 5.65. The zero-order valence-corrected chi connectivity index (χ0v) is 13.2. The van der Waals surface area contributed by atoms with Crippen molar-refractivity contribution in [3.8, 4) is 5.75 Å². The maximum Gasteiger partial charge on any atom is 0.458 e. The van der Waals surface area contributed by atoms with Crippen molar-refractivity contribution in [2.75, 3.05) is 7.11 Å². The van der Waals surface area contributed by atoms with Gasteiger partial charge in [0.15, 0.2) is 0 Å². The van der Waals surface area contributed by atoms with Gasteiger partial charge >= 0.3 is 12.0 Å². The number of nitrogens with zero attached hydrogens (tertiary/aromatic N) is 2. The lowest BCUT2D eigenvalue weighted by Gasteiger charge is -2.22. The van der Waals surface area contributed by atoms with Crippen LogP contribution in [-0.2, 0) is 11.3 Å². The zero-order chi connectivity index (χ0) is 18.1. The number of hydrogen-bond acceptors (Lipinski definition) is 5. The Hall–Kier alpha value is -2.61. The predicted molar refractivity (Wildman–Crippen MR) is 83.3 cm³/mol. The fourth-order valence-electron chi connectivity index (χ4n) is 2.50. The van der Waals surface area contributed by atoms with Gasteiger partial charge in [-0.2, -0.15) is 13.2 Å². The van der Waals surface area contributed by atoms with Crippen LogP contribution in [0.1, 0.15) is 23.1 Å². The van der Waals surface area contributed by atoms with Crippen LogP contribution in [0.3, 0.4) is 0 Å². The number of alkyl halides is 3. The van der Waals surface area contributed by atoms with E-state index in [0.717, 1.165) is 11.1 Å². The molecule has 1 aliphatic rings. The van der Waals surface area contributed by atoms with E-state index < -0.39 is 18.4 Å². The minimum Gasteiger partial charge on any atom is -0.495 e. The van der Waals surface area contributed by atoms with Gasteiger partial charge in [-0.3, -0.25) is 4.98 Å². The molecule has 1 unspecified atom stereocenters. The van der Waals surface area contributed by atoms with Crippen LogP contribution in [0.15, 0.2) is 47.9 Å². The number of oxime groups is 1. The summed E-state index contributed by atoms with van der Waals surface area (Å²) in [4.78, 5) is 8.21. The van der Waals surface area contributed by atoms with Gasteiger partial charge in [-0.1, -0.05) is 29.4 Å². The van der Waals surface area contributed by atoms with Gasteiger partial charge in [0.25, 0.3) is 0 Å². The van der Waals surface area contributed by atoms with Crippen molar-refractivity contribution in [2.24, 2.45) is 5.16 Å². The molecule has 0 bridgehead atoms. The summed E-state index contributed by atoms with van der Waals surface area (Å²) in [6.45, 7) is 0. The van der Waals surface area contributed by atoms with E-state index in [0.29, 0.717) is 17.7 Å². The van der Waals surface area contributed by atoms with Gasteiger partial charge in [0.1, 0.15) is 5.75 Å². The molecule has 0 saturated carbocycles. The van der Waals surface area contributed by atoms with E-state index in [4.69, 9.17) is 4.74 Å². The van der Waals surface area contributed by atoms with E-state index in [1.807, 2.05) is 6.07 Å². The molecule has 1 aromatic carbocycles. The van der Waals surface area contributed by atoms with E-state index in [9.17, 15) is 18.3 Å². The molecule has 25 heavy (non-hydrogen) atoms. The average Bonchev–Trinajstić information content (AvgIpc) is 3.00. The third-order valence-electron chi connectivity index (χ3n) is 3.93. The molecule has 0 radical (unpaired) electrons. The second kappa shape index (κ2) is 6.36. The molecule has 1 aliphatic heterocycles. The largest absolute Gasteiger partial charge is 0.495 e. The molecular weight excluding hydrogens is 337 g/mol. The first-order valence-electron chi connectivity index (χ1n) is 7.43. The number of benzene rings is 1. The Kier molecular flexibility index (Phi) is 4.38. The van der Waals surface area contributed by atoms with Crippen molar-refractivity contribution in [1.82, 2.24) is 4.98 Å². The summed E-state index contributed by atoms with van der Waals surface area (Å²) < 4.78 is 43.5. The zero-order valence-electron chi connectivity index (χ0n) is 13.2. The lowest BCUT2D eigenvalue weighted by molar-refractivity contribution is -0.355. The van der Waals surface area contributed by atoms with E-state index in [1.54, 1.807) is 43.8 Å². The number of aromatic nitrogens is 1. The smallest absolute Gasteiger partial charge is 0.458 e. The minimum absolute atomic E-state index is 0.0490. The molecule has 0 fully saturated rings. The lowest BCUT2D eigenvalue weighted by Crippen LogP contribution is -2.45. The van der Waals surface area contributed by atoms with Crippen LogP contribution in [0.5, 0.6) is 5.75 Å². The average molecular weight is 352 g/mol. The Labute approximate surface area is 141 Å². The molecule has 1 N–H and O–H groups in total. The van der Waals surface area contributed by atoms with Gasteiger partial charge in [0.05, 0.1) is 25.4 Å². The van der Waals surface area contributed by atoms with Crippen molar-refractivity contribution >= 4 is 5.71 Å². The van der Waals surface area contributed by atoms with E-state index in [2.05, 4.69) is 15.0 Å². The SMILES string of the molecule is COc1cnccc1Cc1ccc(C2=NOC(O)(C(F)(F)F)C2)cc1. The summed E-state index contributed by atoms with van der Waals surface area (Å²) >= 11 is 0. The maximum absolute atomic E-state index is 12.7. The highest BCUT2D eigenvalue weighted by Crippen LogP contribution is 2.38. The Bertz CT molecular complexity index is 790. The first-order chi connectivity index (χ1) is 11.8. The summed E-state index contributed by atoms with van der Waals surface area (Å²) in [5.41, 5.74) is 2.40. The van der Waals surface area contributed by atoms with Gasteiger partial charge in [-0.05, 0) is 17.2 Å². The topological polar surface area (TPSA) is 63.9 Å². The highest BCUT2D eigenvalue weighted by molar-refractivity contribution is 6.01. The molecular formula is C17H15F3N2O3. The number of halogens is 3. The maximum atomic E-state index is 12.7. The van der Waals surface area contributed by atoms with Crippen LogP contribution in [0.25, 0.3) is 0 Å². The number of ether oxygens (including phenoxy) is 1. The fraction of sp³-hybridized carbons (Fsp3) is 0.294. The van der Waals surface area contributed by atoms with Crippen molar-refractivity contribution in [3.63, 3.8) is 0 Å². The van der Waals surface area contributed by atoms with Crippen LogP contribution in [0, 0.1) is 0 Å². The fourth-order valence-corrected chi connectivity index (χ4v) is 2.50. The van der Waals surface area contributed by atoms with Crippen LogP contribution in [0.2, 0.25) is 0 Å². The molecule has 2 heterocycles. The van der Waals surface area contributed by atoms with Gasteiger partial charge in [0.2, 0.25) is 0 Å². The highest BCUT2D eigenvalue weighted by atomic mass is 19.4. The molecule has 0 aliphatic carbocycles. The summed E-state index contributed by atoms with van der Waals surface area (Å²) in [5.74, 6) is -2.60. The third kappa shape index (κ3) is 3.43. The second-order valence-corrected chi connectivity index (χ2v) is 5.65. The van der Waals surface area contributed by atoms with E-state index >= 15 is 0 Å². The molecule has 0 saturated heterocycles. The third-order valence-corrected chi connectivity index (χ3v) is 3.93. The van der Waals surface area contributed by atoms with Crippen molar-refractivity contribution < 1.29 is 27.9 Å². The normalized spacial score (nSPS) is 20.1. The highest BCUT2D eigenvalue weighted by Gasteiger charge is 2.60. The minimum atomic E-state index is -4.91. The lowest BCUT2D eigenvalue weighted by atomic mass is 9.99. The summed E-state index contributed by atoms with van der Waals surface area (Å²) in [7, 11) is 1.56. The van der Waals surface area contributed by atoms with E-state index in [1.165, 1.54) is 0 Å². The number of methoxy groups -OCH3 is 1. The molecule has 2 aromatic rings. The Morgan fingerprint density at radius 2 is 1.96 bits per heavy atom. The Morgan fingerprint density at radius 1 is 1.24 bits per heavy atom. The summed E-state index contributed by atoms with van der Waals surface area (Å²) in [6, 6.07) is 8.69. The van der Waals surface area contributed by atoms with Crippen LogP contribution >= 0.6 is 0 Å². The molecule has 3 rings (SSSR count). The van der Waals surface area contributed by atoms with Gasteiger partial charge < -0.3 is 14.7 Å². The Balaban J connectivity index is 1.73. The molecule has 1 atom stereocenters. The van der Waals surface area contributed by atoms with Gasteiger partial charge in [0, 0.05) is 18.2 Å². The van der Waals surface area contributed by atoms with Crippen molar-refractivity contribution in [3.05, 3.63) is 59.4 Å². The van der Waals surface area contributed by atoms with Crippen molar-refractivity contribution in [2.45, 2.75) is 24.8 Å². The molecule has 0 spiro atoms. The van der Waals surface area contributed by atoms with Crippen LogP contribution in [-0.4, -0.2) is 34.9 Å². The van der Waals surface area contributed by atoms with E-state index in [-0.39, 0.29) is 5.71 Å². The summed E-state index contributed by atoms with van der Waals surface area (Å²) in [6.07, 6.45) is -1.79. The standard InChI is InChI=1S/C17H15F3N2O3/c1-24-15-10-21-7-6-13(15)8-11-2-4-12(5-3-11)14-9-16(23,25-22-14)17(18,19)20/h2-7,10,23H,8-9H2,1H3. The number of pyridine rings is 1. The van der Waals surface area contributed by atoms with Crippen molar-refractivity contribution in [1.29, 1.82) is 0 Å².